The molecule has 0 aliphatic heterocycles. The molecule has 0 atom stereocenters. The van der Waals surface area contributed by atoms with Crippen LogP contribution in [0.2, 0.25) is 0 Å². The molecule has 1 heterocycles. The van der Waals surface area contributed by atoms with Crippen LogP contribution in [0.3, 0.4) is 0 Å². The van der Waals surface area contributed by atoms with Crippen molar-refractivity contribution in [3.8, 4) is 0 Å². The van der Waals surface area contributed by atoms with Gasteiger partial charge in [0.2, 0.25) is 5.95 Å². The number of rotatable bonds is 3. The van der Waals surface area contributed by atoms with Crippen molar-refractivity contribution in [3.05, 3.63) is 47.3 Å². The minimum Gasteiger partial charge on any atom is -0.346 e. The third-order valence-electron chi connectivity index (χ3n) is 3.05. The molecule has 0 bridgehead atoms. The van der Waals surface area contributed by atoms with Crippen LogP contribution in [0.15, 0.2) is 30.3 Å². The van der Waals surface area contributed by atoms with Crippen molar-refractivity contribution in [1.82, 2.24) is 15.3 Å². The van der Waals surface area contributed by atoms with Gasteiger partial charge in [-0.2, -0.15) is 13.2 Å². The van der Waals surface area contributed by atoms with E-state index >= 15 is 0 Å². The molecular formula is C17H19F3N4O. The molecule has 0 radical (unpaired) electrons. The van der Waals surface area contributed by atoms with Gasteiger partial charge in [-0.15, -0.1) is 0 Å². The van der Waals surface area contributed by atoms with E-state index < -0.39 is 23.2 Å². The Balaban J connectivity index is 2.35. The molecule has 0 unspecified atom stereocenters. The van der Waals surface area contributed by atoms with Crippen LogP contribution in [-0.4, -0.2) is 21.4 Å². The number of alkyl halides is 3. The molecule has 0 saturated heterocycles. The first-order valence-corrected chi connectivity index (χ1v) is 7.57. The Kier molecular flexibility index (Phi) is 5.01. The lowest BCUT2D eigenvalue weighted by Gasteiger charge is -2.20. The van der Waals surface area contributed by atoms with E-state index in [9.17, 15) is 18.0 Å². The second-order valence-electron chi connectivity index (χ2n) is 6.59. The van der Waals surface area contributed by atoms with E-state index in [0.717, 1.165) is 6.07 Å². The number of hydrogen-bond acceptors (Lipinski definition) is 4. The summed E-state index contributed by atoms with van der Waals surface area (Å²) in [5.41, 5.74) is -0.939. The maximum absolute atomic E-state index is 13.1. The first-order valence-electron chi connectivity index (χ1n) is 7.57. The number of benzene rings is 1. The maximum atomic E-state index is 13.1. The van der Waals surface area contributed by atoms with Crippen LogP contribution in [0.25, 0.3) is 0 Å². The molecule has 25 heavy (non-hydrogen) atoms. The fourth-order valence-corrected chi connectivity index (χ4v) is 2.11. The lowest BCUT2D eigenvalue weighted by molar-refractivity contribution is -0.136. The molecule has 0 aliphatic carbocycles. The second kappa shape index (κ2) is 6.70. The Morgan fingerprint density at radius 1 is 1.08 bits per heavy atom. The fourth-order valence-electron chi connectivity index (χ4n) is 2.11. The number of halogens is 3. The number of nitrogens with zero attached hydrogens (tertiary/aromatic N) is 2. The van der Waals surface area contributed by atoms with Crippen molar-refractivity contribution >= 4 is 17.5 Å². The number of nitrogens with one attached hydrogen (secondary N) is 2. The van der Waals surface area contributed by atoms with Gasteiger partial charge in [-0.3, -0.25) is 4.79 Å². The molecule has 134 valence electrons. The van der Waals surface area contributed by atoms with E-state index in [1.807, 2.05) is 20.8 Å². The SMILES string of the molecule is Cc1cc(C(=O)NC(C)(C)C)nc(Nc2ccccc2C(F)(F)F)n1. The predicted molar refractivity (Wildman–Crippen MR) is 88.7 cm³/mol. The van der Waals surface area contributed by atoms with E-state index in [0.29, 0.717) is 5.69 Å². The third-order valence-corrected chi connectivity index (χ3v) is 3.05. The highest BCUT2D eigenvalue weighted by atomic mass is 19.4. The number of aryl methyl sites for hydroxylation is 1. The van der Waals surface area contributed by atoms with Crippen LogP contribution in [0.4, 0.5) is 24.8 Å². The topological polar surface area (TPSA) is 66.9 Å². The Labute approximate surface area is 143 Å². The number of anilines is 2. The number of carbonyl (C=O) groups is 1. The van der Waals surface area contributed by atoms with Crippen molar-refractivity contribution in [2.45, 2.75) is 39.4 Å². The Hall–Kier alpha value is -2.64. The second-order valence-corrected chi connectivity index (χ2v) is 6.59. The molecule has 0 spiro atoms. The zero-order valence-electron chi connectivity index (χ0n) is 14.3. The van der Waals surface area contributed by atoms with Gasteiger partial charge in [-0.05, 0) is 45.9 Å². The lowest BCUT2D eigenvalue weighted by Crippen LogP contribution is -2.41. The fraction of sp³-hybridized carbons (Fsp3) is 0.353. The highest BCUT2D eigenvalue weighted by Crippen LogP contribution is 2.35. The van der Waals surface area contributed by atoms with Gasteiger partial charge in [0.25, 0.3) is 5.91 Å². The van der Waals surface area contributed by atoms with Gasteiger partial charge < -0.3 is 10.6 Å². The number of hydrogen-bond donors (Lipinski definition) is 2. The van der Waals surface area contributed by atoms with Crippen LogP contribution in [0.1, 0.15) is 42.5 Å². The summed E-state index contributed by atoms with van der Waals surface area (Å²) in [5.74, 6) is -0.499. The Morgan fingerprint density at radius 2 is 1.72 bits per heavy atom. The zero-order valence-corrected chi connectivity index (χ0v) is 14.3. The van der Waals surface area contributed by atoms with E-state index in [-0.39, 0.29) is 17.3 Å². The van der Waals surface area contributed by atoms with Gasteiger partial charge in [-0.1, -0.05) is 12.1 Å². The van der Waals surface area contributed by atoms with Gasteiger partial charge >= 0.3 is 6.18 Å². The summed E-state index contributed by atoms with van der Waals surface area (Å²) in [5, 5.41) is 5.31. The maximum Gasteiger partial charge on any atom is 0.418 e. The third kappa shape index (κ3) is 5.17. The van der Waals surface area contributed by atoms with Crippen molar-refractivity contribution in [2.75, 3.05) is 5.32 Å². The van der Waals surface area contributed by atoms with Gasteiger partial charge in [0.05, 0.1) is 11.3 Å². The molecule has 0 aliphatic rings. The average molecular weight is 352 g/mol. The summed E-state index contributed by atoms with van der Waals surface area (Å²) in [4.78, 5) is 20.3. The first-order chi connectivity index (χ1) is 11.5. The minimum atomic E-state index is -4.51. The van der Waals surface area contributed by atoms with Gasteiger partial charge in [-0.25, -0.2) is 9.97 Å². The van der Waals surface area contributed by atoms with Crippen LogP contribution in [0, 0.1) is 6.92 Å². The van der Waals surface area contributed by atoms with E-state index in [4.69, 9.17) is 0 Å². The lowest BCUT2D eigenvalue weighted by atomic mass is 10.1. The molecule has 2 rings (SSSR count). The summed E-state index contributed by atoms with van der Waals surface area (Å²) in [7, 11) is 0. The van der Waals surface area contributed by atoms with Gasteiger partial charge in [0.15, 0.2) is 0 Å². The first kappa shape index (κ1) is 18.7. The molecule has 2 N–H and O–H groups in total. The van der Waals surface area contributed by atoms with Crippen molar-refractivity contribution in [1.29, 1.82) is 0 Å². The average Bonchev–Trinajstić information content (AvgIpc) is 2.44. The summed E-state index contributed by atoms with van der Waals surface area (Å²) in [6.45, 7) is 7.09. The number of amides is 1. The van der Waals surface area contributed by atoms with Crippen molar-refractivity contribution in [3.63, 3.8) is 0 Å². The number of para-hydroxylation sites is 1. The summed E-state index contributed by atoms with van der Waals surface area (Å²) >= 11 is 0. The van der Waals surface area contributed by atoms with E-state index in [1.165, 1.54) is 24.3 Å². The zero-order chi connectivity index (χ0) is 18.8. The van der Waals surface area contributed by atoms with E-state index in [1.54, 1.807) is 6.92 Å². The highest BCUT2D eigenvalue weighted by molar-refractivity contribution is 5.93. The van der Waals surface area contributed by atoms with Crippen LogP contribution >= 0.6 is 0 Å². The summed E-state index contributed by atoms with van der Waals surface area (Å²) < 4.78 is 39.2. The van der Waals surface area contributed by atoms with Crippen LogP contribution in [-0.2, 0) is 6.18 Å². The Bertz CT molecular complexity index is 782. The smallest absolute Gasteiger partial charge is 0.346 e. The summed E-state index contributed by atoms with van der Waals surface area (Å²) in [6.07, 6.45) is -4.51. The molecule has 5 nitrogen and oxygen atoms in total. The minimum absolute atomic E-state index is 0.0734. The van der Waals surface area contributed by atoms with Crippen molar-refractivity contribution < 1.29 is 18.0 Å². The number of aromatic nitrogens is 2. The molecule has 1 aromatic heterocycles. The molecule has 1 aromatic carbocycles. The van der Waals surface area contributed by atoms with Crippen LogP contribution < -0.4 is 10.6 Å². The summed E-state index contributed by atoms with van der Waals surface area (Å²) in [6, 6.07) is 6.49. The quantitative estimate of drug-likeness (QED) is 0.874. The molecule has 1 amide bonds. The highest BCUT2D eigenvalue weighted by Gasteiger charge is 2.33. The molecule has 0 saturated carbocycles. The van der Waals surface area contributed by atoms with Gasteiger partial charge in [0, 0.05) is 11.2 Å². The van der Waals surface area contributed by atoms with Crippen molar-refractivity contribution in [2.24, 2.45) is 0 Å². The molecule has 8 heteroatoms. The standard InChI is InChI=1S/C17H19F3N4O/c1-10-9-13(14(25)24-16(2,3)4)23-15(21-10)22-12-8-6-5-7-11(12)17(18,19)20/h5-9H,1-4H3,(H,24,25)(H,21,22,23). The Morgan fingerprint density at radius 3 is 2.32 bits per heavy atom. The van der Waals surface area contributed by atoms with E-state index in [2.05, 4.69) is 20.6 Å². The monoisotopic (exact) mass is 352 g/mol. The molecule has 2 aromatic rings. The predicted octanol–water partition coefficient (Wildman–Crippen LogP) is 4.08. The largest absolute Gasteiger partial charge is 0.418 e. The van der Waals surface area contributed by atoms with Gasteiger partial charge in [0.1, 0.15) is 5.69 Å². The normalized spacial score (nSPS) is 12.0. The molecule has 0 fully saturated rings. The molecular weight excluding hydrogens is 333 g/mol. The van der Waals surface area contributed by atoms with Crippen LogP contribution in [0.5, 0.6) is 0 Å². The number of carbonyl (C=O) groups excluding carboxylic acids is 1.